The molecule has 1 aromatic heterocycles. The highest BCUT2D eigenvalue weighted by Gasteiger charge is 2.16. The van der Waals surface area contributed by atoms with E-state index in [0.717, 1.165) is 62.3 Å². The lowest BCUT2D eigenvalue weighted by Crippen LogP contribution is -2.29. The average molecular weight is 443 g/mol. The van der Waals surface area contributed by atoms with Crippen molar-refractivity contribution in [2.24, 2.45) is 11.5 Å². The van der Waals surface area contributed by atoms with Crippen LogP contribution < -0.4 is 22.1 Å². The third-order valence-corrected chi connectivity index (χ3v) is 5.88. The Labute approximate surface area is 195 Å². The lowest BCUT2D eigenvalue weighted by atomic mass is 9.92. The van der Waals surface area contributed by atoms with E-state index in [-0.39, 0.29) is 0 Å². The molecule has 1 aromatic carbocycles. The fourth-order valence-electron chi connectivity index (χ4n) is 4.14. The zero-order chi connectivity index (χ0) is 23.9. The zero-order valence-electron chi connectivity index (χ0n) is 21.0. The molecule has 1 aliphatic rings. The number of nitrogens with two attached hydrogens (primary N) is 2. The molecule has 0 saturated heterocycles. The molecule has 6 N–H and O–H groups in total. The van der Waals surface area contributed by atoms with Gasteiger partial charge in [0, 0.05) is 35.4 Å². The lowest BCUT2D eigenvalue weighted by molar-refractivity contribution is 0.539. The van der Waals surface area contributed by atoms with Gasteiger partial charge in [-0.25, -0.2) is 0 Å². The van der Waals surface area contributed by atoms with Crippen LogP contribution >= 0.6 is 0 Å². The first-order valence-electron chi connectivity index (χ1n) is 12.3. The molecule has 0 aliphatic heterocycles. The van der Waals surface area contributed by atoms with E-state index in [1.807, 2.05) is 20.1 Å². The molecule has 0 amide bonds. The molecule has 5 nitrogen and oxygen atoms in total. The lowest BCUT2D eigenvalue weighted by Gasteiger charge is -2.20. The molecule has 180 valence electrons. The van der Waals surface area contributed by atoms with Crippen LogP contribution in [-0.4, -0.2) is 26.7 Å². The van der Waals surface area contributed by atoms with Gasteiger partial charge in [0.15, 0.2) is 0 Å². The molecule has 32 heavy (non-hydrogen) atoms. The van der Waals surface area contributed by atoms with E-state index in [9.17, 15) is 0 Å². The Morgan fingerprint density at radius 1 is 1.12 bits per heavy atom. The van der Waals surface area contributed by atoms with E-state index in [1.54, 1.807) is 0 Å². The molecular formula is C27H46N4O. The fraction of sp³-hybridized carbons (Fsp3) is 0.556. The van der Waals surface area contributed by atoms with Crippen molar-refractivity contribution >= 4 is 11.0 Å². The van der Waals surface area contributed by atoms with Crippen molar-refractivity contribution in [3.05, 3.63) is 59.1 Å². The van der Waals surface area contributed by atoms with Crippen LogP contribution in [0.15, 0.2) is 52.4 Å². The molecule has 0 bridgehead atoms. The van der Waals surface area contributed by atoms with Crippen LogP contribution in [0.1, 0.15) is 76.3 Å². The van der Waals surface area contributed by atoms with Gasteiger partial charge in [0.2, 0.25) is 0 Å². The summed E-state index contributed by atoms with van der Waals surface area (Å²) in [5.41, 5.74) is 17.5. The second kappa shape index (κ2) is 15.5. The molecule has 0 spiro atoms. The van der Waals surface area contributed by atoms with Gasteiger partial charge in [-0.1, -0.05) is 39.0 Å². The van der Waals surface area contributed by atoms with Gasteiger partial charge in [0.1, 0.15) is 5.58 Å². The summed E-state index contributed by atoms with van der Waals surface area (Å²) in [6, 6.07) is 6.42. The van der Waals surface area contributed by atoms with E-state index in [1.165, 1.54) is 42.0 Å². The summed E-state index contributed by atoms with van der Waals surface area (Å²) >= 11 is 0. The van der Waals surface area contributed by atoms with E-state index in [4.69, 9.17) is 10.2 Å². The number of furan rings is 1. The molecule has 5 heteroatoms. The van der Waals surface area contributed by atoms with E-state index in [2.05, 4.69) is 55.0 Å². The zero-order valence-corrected chi connectivity index (χ0v) is 21.0. The first-order chi connectivity index (χ1) is 15.6. The Morgan fingerprint density at radius 2 is 1.84 bits per heavy atom. The number of allylic oxidation sites excluding steroid dienone is 2. The number of nitrogens with one attached hydrogen (secondary N) is 2. The van der Waals surface area contributed by atoms with Crippen molar-refractivity contribution in [1.82, 2.24) is 10.6 Å². The van der Waals surface area contributed by atoms with Crippen LogP contribution in [0, 0.1) is 6.92 Å². The SMILES string of the molecule is C=C(NCCNCCC(CC)c1coc2ccc(C)cc12)C1=C(N)CCCC1.CC.CN. The quantitative estimate of drug-likeness (QED) is 0.354. The molecule has 3 rings (SSSR count). The number of hydrogen-bond donors (Lipinski definition) is 4. The van der Waals surface area contributed by atoms with Crippen molar-refractivity contribution < 1.29 is 4.42 Å². The molecular weight excluding hydrogens is 396 g/mol. The first-order valence-corrected chi connectivity index (χ1v) is 12.3. The normalized spacial score (nSPS) is 14.2. The van der Waals surface area contributed by atoms with Crippen LogP contribution in [0.2, 0.25) is 0 Å². The smallest absolute Gasteiger partial charge is 0.134 e. The minimum absolute atomic E-state index is 0.519. The summed E-state index contributed by atoms with van der Waals surface area (Å²) in [7, 11) is 1.50. The standard InChI is InChI=1S/C24H35N3O.C2H6.CH5N/c1-4-19(22-16-28-24-10-9-17(2)15-21(22)24)11-12-26-13-14-27-18(3)20-7-5-6-8-23(20)25;2*1-2/h9-10,15-16,19,26-27H,3-8,11-14,25H2,1-2H3;1-2H3;2H2,1H3. The second-order valence-corrected chi connectivity index (χ2v) is 7.95. The molecule has 1 atom stereocenters. The molecule has 1 aliphatic carbocycles. The average Bonchev–Trinajstić information content (AvgIpc) is 3.24. The maximum atomic E-state index is 6.13. The van der Waals surface area contributed by atoms with E-state index >= 15 is 0 Å². The predicted octanol–water partition coefficient (Wildman–Crippen LogP) is 5.71. The summed E-state index contributed by atoms with van der Waals surface area (Å²) in [6.45, 7) is 15.4. The van der Waals surface area contributed by atoms with Crippen molar-refractivity contribution in [2.45, 2.75) is 72.1 Å². The Bertz CT molecular complexity index is 837. The first kappa shape index (κ1) is 27.8. The maximum absolute atomic E-state index is 6.13. The molecule has 1 unspecified atom stereocenters. The maximum Gasteiger partial charge on any atom is 0.134 e. The Morgan fingerprint density at radius 3 is 2.53 bits per heavy atom. The van der Waals surface area contributed by atoms with E-state index in [0.29, 0.717) is 5.92 Å². The summed E-state index contributed by atoms with van der Waals surface area (Å²) in [5.74, 6) is 0.519. The van der Waals surface area contributed by atoms with Crippen LogP contribution in [0.4, 0.5) is 0 Å². The number of aryl methyl sites for hydroxylation is 1. The van der Waals surface area contributed by atoms with Gasteiger partial charge >= 0.3 is 0 Å². The third-order valence-electron chi connectivity index (χ3n) is 5.88. The highest BCUT2D eigenvalue weighted by molar-refractivity contribution is 5.82. The monoisotopic (exact) mass is 442 g/mol. The van der Waals surface area contributed by atoms with Crippen LogP contribution in [0.3, 0.4) is 0 Å². The predicted molar refractivity (Wildman–Crippen MR) is 140 cm³/mol. The highest BCUT2D eigenvalue weighted by atomic mass is 16.3. The summed E-state index contributed by atoms with van der Waals surface area (Å²) in [4.78, 5) is 0. The van der Waals surface area contributed by atoms with Crippen molar-refractivity contribution in [3.8, 4) is 0 Å². The van der Waals surface area contributed by atoms with Crippen LogP contribution in [0.5, 0.6) is 0 Å². The van der Waals surface area contributed by atoms with Crippen LogP contribution in [-0.2, 0) is 0 Å². The van der Waals surface area contributed by atoms with Gasteiger partial charge in [-0.2, -0.15) is 0 Å². The van der Waals surface area contributed by atoms with Gasteiger partial charge < -0.3 is 26.5 Å². The summed E-state index contributed by atoms with van der Waals surface area (Å²) in [5, 5.41) is 8.26. The largest absolute Gasteiger partial charge is 0.464 e. The van der Waals surface area contributed by atoms with Crippen molar-refractivity contribution in [1.29, 1.82) is 0 Å². The third kappa shape index (κ3) is 8.03. The highest BCUT2D eigenvalue weighted by Crippen LogP contribution is 2.32. The molecule has 2 aromatic rings. The van der Waals surface area contributed by atoms with Gasteiger partial charge in [0.25, 0.3) is 0 Å². The Kier molecular flexibility index (Phi) is 13.5. The number of rotatable bonds is 10. The number of fused-ring (bicyclic) bond motifs is 1. The Balaban J connectivity index is 0.00000121. The minimum Gasteiger partial charge on any atom is -0.464 e. The number of benzene rings is 1. The van der Waals surface area contributed by atoms with Gasteiger partial charge in [-0.05, 0) is 82.7 Å². The number of hydrogen-bond acceptors (Lipinski definition) is 5. The van der Waals surface area contributed by atoms with Crippen molar-refractivity contribution in [2.75, 3.05) is 26.7 Å². The molecule has 0 saturated carbocycles. The van der Waals surface area contributed by atoms with Gasteiger partial charge in [-0.3, -0.25) is 0 Å². The van der Waals surface area contributed by atoms with E-state index < -0.39 is 0 Å². The Hall–Kier alpha value is -2.24. The molecule has 0 radical (unpaired) electrons. The minimum atomic E-state index is 0.519. The van der Waals surface area contributed by atoms with Crippen molar-refractivity contribution in [3.63, 3.8) is 0 Å². The summed E-state index contributed by atoms with van der Waals surface area (Å²) < 4.78 is 5.77. The second-order valence-electron chi connectivity index (χ2n) is 7.95. The van der Waals surface area contributed by atoms with Gasteiger partial charge in [0.05, 0.1) is 6.26 Å². The molecule has 1 heterocycles. The van der Waals surface area contributed by atoms with Gasteiger partial charge in [-0.15, -0.1) is 0 Å². The fourth-order valence-corrected chi connectivity index (χ4v) is 4.14. The van der Waals surface area contributed by atoms with Crippen LogP contribution in [0.25, 0.3) is 11.0 Å². The molecule has 0 fully saturated rings. The summed E-state index contributed by atoms with van der Waals surface area (Å²) in [6.07, 6.45) is 8.66. The topological polar surface area (TPSA) is 89.2 Å².